The van der Waals surface area contributed by atoms with Gasteiger partial charge >= 0.3 is 0 Å². The lowest BCUT2D eigenvalue weighted by Gasteiger charge is -2.48. The summed E-state index contributed by atoms with van der Waals surface area (Å²) in [6, 6.07) is 53.1. The van der Waals surface area contributed by atoms with Gasteiger partial charge in [-0.1, -0.05) is 194 Å². The Kier molecular flexibility index (Phi) is 10.6. The molecule has 0 fully saturated rings. The lowest BCUT2D eigenvalue weighted by Crippen LogP contribution is -2.62. The number of hydrogen-bond donors (Lipinski definition) is 0. The molecule has 7 aromatic carbocycles. The highest BCUT2D eigenvalue weighted by molar-refractivity contribution is 7.00. The Hall–Kier alpha value is -5.80. The molecule has 362 valence electrons. The number of fused-ring (bicyclic) bond motifs is 6. The van der Waals surface area contributed by atoms with Gasteiger partial charge in [-0.3, -0.25) is 0 Å². The summed E-state index contributed by atoms with van der Waals surface area (Å²) in [7, 11) is 0. The molecule has 2 aliphatic heterocycles. The summed E-state index contributed by atoms with van der Waals surface area (Å²) in [4.78, 5) is 5.44. The van der Waals surface area contributed by atoms with Gasteiger partial charge < -0.3 is 9.80 Å². The topological polar surface area (TPSA) is 6.48 Å². The van der Waals surface area contributed by atoms with E-state index in [2.05, 4.69) is 254 Å². The normalized spacial score (nSPS) is 17.9. The molecule has 0 unspecified atom stereocenters. The Morgan fingerprint density at radius 2 is 0.845 bits per heavy atom. The quantitative estimate of drug-likeness (QED) is 0.125. The van der Waals surface area contributed by atoms with Crippen LogP contribution in [0.4, 0.5) is 34.1 Å². The Morgan fingerprint density at radius 3 is 1.38 bits per heavy atom. The summed E-state index contributed by atoms with van der Waals surface area (Å²) < 4.78 is 0. The van der Waals surface area contributed by atoms with Crippen molar-refractivity contribution < 1.29 is 0 Å². The maximum Gasteiger partial charge on any atom is 0.252 e. The van der Waals surface area contributed by atoms with E-state index in [1.54, 1.807) is 0 Å². The first kappa shape index (κ1) is 47.5. The average molecular weight is 933 g/mol. The zero-order chi connectivity index (χ0) is 50.5. The van der Waals surface area contributed by atoms with Crippen LogP contribution in [0.1, 0.15) is 183 Å². The summed E-state index contributed by atoms with van der Waals surface area (Å²) in [5.41, 5.74) is 27.3. The fourth-order valence-corrected chi connectivity index (χ4v) is 13.8. The number of hydrogen-bond acceptors (Lipinski definition) is 2. The van der Waals surface area contributed by atoms with Crippen molar-refractivity contribution in [3.63, 3.8) is 0 Å². The lowest BCUT2D eigenvalue weighted by molar-refractivity contribution is 0.332. The molecule has 2 nitrogen and oxygen atoms in total. The van der Waals surface area contributed by atoms with Crippen molar-refractivity contribution in [3.8, 4) is 0 Å². The monoisotopic (exact) mass is 933 g/mol. The fourth-order valence-electron chi connectivity index (χ4n) is 13.8. The van der Waals surface area contributed by atoms with E-state index in [-0.39, 0.29) is 45.1 Å². The second kappa shape index (κ2) is 15.9. The average Bonchev–Trinajstić information content (AvgIpc) is 3.48. The number of benzene rings is 7. The van der Waals surface area contributed by atoms with Crippen LogP contribution in [-0.2, 0) is 32.5 Å². The van der Waals surface area contributed by atoms with Gasteiger partial charge in [-0.05, 0) is 180 Å². The zero-order valence-electron chi connectivity index (χ0n) is 45.9. The summed E-state index contributed by atoms with van der Waals surface area (Å²) in [5, 5.41) is 0. The molecule has 2 aliphatic carbocycles. The van der Waals surface area contributed by atoms with Crippen LogP contribution >= 0.6 is 0 Å². The third-order valence-electron chi connectivity index (χ3n) is 17.7. The van der Waals surface area contributed by atoms with Crippen LogP contribution in [0.2, 0.25) is 0 Å². The maximum absolute atomic E-state index is 2.77. The molecule has 3 heteroatoms. The van der Waals surface area contributed by atoms with E-state index in [1.807, 2.05) is 0 Å². The molecule has 0 N–H and O–H groups in total. The Balaban J connectivity index is 1.33. The van der Waals surface area contributed by atoms with Crippen LogP contribution in [0.5, 0.6) is 0 Å². The van der Waals surface area contributed by atoms with E-state index in [0.717, 1.165) is 12.8 Å². The van der Waals surface area contributed by atoms with Crippen molar-refractivity contribution in [3.05, 3.63) is 195 Å². The van der Waals surface area contributed by atoms with Crippen molar-refractivity contribution in [2.45, 2.75) is 168 Å². The molecule has 2 heterocycles. The van der Waals surface area contributed by atoms with E-state index in [9.17, 15) is 0 Å². The van der Waals surface area contributed by atoms with Crippen molar-refractivity contribution in [2.24, 2.45) is 0 Å². The number of nitrogens with zero attached hydrogens (tertiary/aromatic N) is 2. The van der Waals surface area contributed by atoms with Crippen LogP contribution in [0.3, 0.4) is 0 Å². The number of rotatable bonds is 5. The maximum atomic E-state index is 2.77. The Labute approximate surface area is 428 Å². The van der Waals surface area contributed by atoms with E-state index in [0.29, 0.717) is 0 Å². The second-order valence-electron chi connectivity index (χ2n) is 27.0. The van der Waals surface area contributed by atoms with Gasteiger partial charge in [-0.25, -0.2) is 0 Å². The van der Waals surface area contributed by atoms with E-state index in [4.69, 9.17) is 0 Å². The molecule has 7 aromatic rings. The molecular weight excluding hydrogens is 856 g/mol. The standard InChI is InChI=1S/C68H77BN2/c1-42-33-47(63(3,4)5)27-29-55(42)70-56-30-28-48(64(6,7)8)37-53(56)69-54-38-50-51(66(11,12)32-31-65(50,9)10)40-58(54)71(57-39-52-49(34-43(57)2)67(13,14)41-68(52,15)16)60-36-46(35-59(70)62(60)69)61(44-23-19-17-20-24-44)45-25-21-18-22-26-45/h17-30,33-40,61H,31-32,41H2,1-16H3. The van der Waals surface area contributed by atoms with Gasteiger partial charge in [0.2, 0.25) is 0 Å². The molecule has 4 aliphatic rings. The van der Waals surface area contributed by atoms with Crippen molar-refractivity contribution in [1.82, 2.24) is 0 Å². The van der Waals surface area contributed by atoms with Crippen LogP contribution in [0, 0.1) is 13.8 Å². The van der Waals surface area contributed by atoms with Crippen molar-refractivity contribution in [1.29, 1.82) is 0 Å². The van der Waals surface area contributed by atoms with Gasteiger partial charge in [0.25, 0.3) is 6.71 Å². The SMILES string of the molecule is Cc1cc(C(C)(C)C)ccc1N1c2ccc(C(C)(C)C)cc2B2c3cc4c(cc3N(c3cc5c(cc3C)C(C)(C)CC5(C)C)c3cc(C(c5ccccc5)c5ccccc5)cc1c32)C(C)(C)CCC4(C)C. The minimum Gasteiger partial charge on any atom is -0.311 e. The molecule has 0 bridgehead atoms. The smallest absolute Gasteiger partial charge is 0.252 e. The summed E-state index contributed by atoms with van der Waals surface area (Å²) in [6.45, 7) is 38.7. The Morgan fingerprint density at radius 1 is 0.408 bits per heavy atom. The van der Waals surface area contributed by atoms with Gasteiger partial charge in [0.1, 0.15) is 0 Å². The Bertz CT molecular complexity index is 3240. The molecule has 11 rings (SSSR count). The molecule has 0 amide bonds. The molecule has 0 atom stereocenters. The number of anilines is 6. The predicted molar refractivity (Wildman–Crippen MR) is 307 cm³/mol. The lowest BCUT2D eigenvalue weighted by atomic mass is 9.32. The van der Waals surface area contributed by atoms with E-state index in [1.165, 1.54) is 118 Å². The minimum absolute atomic E-state index is 0.000592. The van der Waals surface area contributed by atoms with Crippen LogP contribution in [-0.4, -0.2) is 6.71 Å². The molecule has 0 spiro atoms. The fraction of sp³-hybridized carbons (Fsp3) is 0.382. The van der Waals surface area contributed by atoms with E-state index >= 15 is 0 Å². The molecule has 0 aromatic heterocycles. The van der Waals surface area contributed by atoms with Crippen molar-refractivity contribution >= 4 is 57.2 Å². The highest BCUT2D eigenvalue weighted by Gasteiger charge is 2.49. The van der Waals surface area contributed by atoms with Crippen LogP contribution in [0.15, 0.2) is 133 Å². The predicted octanol–water partition coefficient (Wildman–Crippen LogP) is 16.5. The third-order valence-corrected chi connectivity index (χ3v) is 17.7. The molecule has 71 heavy (non-hydrogen) atoms. The largest absolute Gasteiger partial charge is 0.311 e. The first-order chi connectivity index (χ1) is 33.3. The minimum atomic E-state index is -0.0385. The third kappa shape index (κ3) is 7.57. The van der Waals surface area contributed by atoms with Gasteiger partial charge in [0.05, 0.1) is 0 Å². The van der Waals surface area contributed by atoms with Gasteiger partial charge in [-0.2, -0.15) is 0 Å². The summed E-state index contributed by atoms with van der Waals surface area (Å²) in [5.74, 6) is 0.000592. The first-order valence-corrected chi connectivity index (χ1v) is 26.7. The van der Waals surface area contributed by atoms with Crippen LogP contribution < -0.4 is 26.2 Å². The highest BCUT2D eigenvalue weighted by atomic mass is 15.2. The van der Waals surface area contributed by atoms with Crippen molar-refractivity contribution in [2.75, 3.05) is 9.80 Å². The second-order valence-corrected chi connectivity index (χ2v) is 27.0. The highest BCUT2D eigenvalue weighted by Crippen LogP contribution is 2.55. The summed E-state index contributed by atoms with van der Waals surface area (Å²) in [6.07, 6.45) is 3.46. The van der Waals surface area contributed by atoms with Gasteiger partial charge in [0.15, 0.2) is 0 Å². The molecule has 0 saturated carbocycles. The van der Waals surface area contributed by atoms with Gasteiger partial charge in [-0.15, -0.1) is 0 Å². The van der Waals surface area contributed by atoms with Crippen LogP contribution in [0.25, 0.3) is 0 Å². The summed E-state index contributed by atoms with van der Waals surface area (Å²) >= 11 is 0. The number of aryl methyl sites for hydroxylation is 2. The molecular formula is C68H77BN2. The van der Waals surface area contributed by atoms with Gasteiger partial charge in [0, 0.05) is 40.0 Å². The molecule has 0 radical (unpaired) electrons. The molecule has 0 saturated heterocycles. The zero-order valence-corrected chi connectivity index (χ0v) is 45.9. The first-order valence-electron chi connectivity index (χ1n) is 26.7. The van der Waals surface area contributed by atoms with E-state index < -0.39 is 0 Å².